The zero-order valence-electron chi connectivity index (χ0n) is 10.3. The van der Waals surface area contributed by atoms with Crippen LogP contribution in [0.15, 0.2) is 29.2 Å². The molecule has 0 radical (unpaired) electrons. The molecule has 5 nitrogen and oxygen atoms in total. The molecule has 0 saturated heterocycles. The Morgan fingerprint density at radius 3 is 2.17 bits per heavy atom. The molecule has 1 rings (SSSR count). The third-order valence-corrected chi connectivity index (χ3v) is 3.51. The van der Waals surface area contributed by atoms with Gasteiger partial charge in [-0.25, -0.2) is 4.79 Å². The lowest BCUT2D eigenvalue weighted by atomic mass is 10.2. The third kappa shape index (κ3) is 4.32. The van der Waals surface area contributed by atoms with Crippen LogP contribution in [-0.2, 0) is 23.8 Å². The molecule has 7 heteroatoms. The van der Waals surface area contributed by atoms with Crippen LogP contribution in [0.1, 0.15) is 12.5 Å². The highest BCUT2D eigenvalue weighted by molar-refractivity contribution is 7.86. The minimum absolute atomic E-state index is 0. The van der Waals surface area contributed by atoms with Crippen LogP contribution in [0.25, 0.3) is 0 Å². The molecule has 0 aromatic heterocycles. The second kappa shape index (κ2) is 6.77. The van der Waals surface area contributed by atoms with Crippen LogP contribution in [0.3, 0.4) is 0 Å². The highest BCUT2D eigenvalue weighted by Gasteiger charge is 2.24. The van der Waals surface area contributed by atoms with E-state index in [1.807, 2.05) is 6.92 Å². The van der Waals surface area contributed by atoms with E-state index in [-0.39, 0.29) is 18.4 Å². The van der Waals surface area contributed by atoms with Crippen molar-refractivity contribution >= 4 is 29.6 Å². The first-order valence-corrected chi connectivity index (χ1v) is 6.35. The number of benzene rings is 1. The fraction of sp³-hybridized carbons (Fsp3) is 0.364. The summed E-state index contributed by atoms with van der Waals surface area (Å²) in [7, 11) is -2.76. The number of hydrogen-bond donors (Lipinski definition) is 0. The molecule has 0 saturated carbocycles. The maximum Gasteiger partial charge on any atom is 0.336 e. The SMILES string of the molecule is COC(=O)[C@H](C)OS(=O)(=O)c1ccc(C)cc1.S. The number of carbonyl (C=O) groups excluding carboxylic acids is 1. The van der Waals surface area contributed by atoms with Gasteiger partial charge in [0.15, 0.2) is 6.10 Å². The fourth-order valence-electron chi connectivity index (χ4n) is 1.16. The lowest BCUT2D eigenvalue weighted by molar-refractivity contribution is -0.147. The Labute approximate surface area is 114 Å². The minimum Gasteiger partial charge on any atom is -0.467 e. The first-order valence-electron chi connectivity index (χ1n) is 4.94. The van der Waals surface area contributed by atoms with E-state index in [1.165, 1.54) is 26.2 Å². The summed E-state index contributed by atoms with van der Waals surface area (Å²) in [5.41, 5.74) is 0.935. The van der Waals surface area contributed by atoms with Crippen molar-refractivity contribution in [3.63, 3.8) is 0 Å². The van der Waals surface area contributed by atoms with Gasteiger partial charge in [0.2, 0.25) is 0 Å². The molecule has 0 N–H and O–H groups in total. The van der Waals surface area contributed by atoms with E-state index in [9.17, 15) is 13.2 Å². The number of carbonyl (C=O) groups is 1. The van der Waals surface area contributed by atoms with Gasteiger partial charge in [0, 0.05) is 0 Å². The second-order valence-electron chi connectivity index (χ2n) is 3.53. The van der Waals surface area contributed by atoms with Crippen LogP contribution in [0.5, 0.6) is 0 Å². The number of hydrogen-bond acceptors (Lipinski definition) is 5. The number of aryl methyl sites for hydroxylation is 1. The predicted molar refractivity (Wildman–Crippen MR) is 71.3 cm³/mol. The Bertz CT molecular complexity index is 493. The predicted octanol–water partition coefficient (Wildman–Crippen LogP) is 1.37. The molecule has 102 valence electrons. The van der Waals surface area contributed by atoms with Crippen LogP contribution < -0.4 is 0 Å². The Morgan fingerprint density at radius 1 is 1.22 bits per heavy atom. The topological polar surface area (TPSA) is 69.7 Å². The molecule has 0 unspecified atom stereocenters. The van der Waals surface area contributed by atoms with Gasteiger partial charge in [-0.1, -0.05) is 17.7 Å². The summed E-state index contributed by atoms with van der Waals surface area (Å²) in [6.45, 7) is 3.16. The van der Waals surface area contributed by atoms with Crippen LogP contribution in [0.2, 0.25) is 0 Å². The van der Waals surface area contributed by atoms with Gasteiger partial charge in [-0.05, 0) is 26.0 Å². The molecule has 1 aromatic rings. The Morgan fingerprint density at radius 2 is 1.72 bits per heavy atom. The van der Waals surface area contributed by atoms with E-state index < -0.39 is 22.2 Å². The van der Waals surface area contributed by atoms with E-state index in [0.717, 1.165) is 5.56 Å². The van der Waals surface area contributed by atoms with E-state index in [0.29, 0.717) is 0 Å². The van der Waals surface area contributed by atoms with Gasteiger partial charge in [-0.15, -0.1) is 0 Å². The van der Waals surface area contributed by atoms with Crippen LogP contribution >= 0.6 is 13.5 Å². The van der Waals surface area contributed by atoms with E-state index >= 15 is 0 Å². The molecule has 1 atom stereocenters. The van der Waals surface area contributed by atoms with Crippen molar-refractivity contribution in [2.75, 3.05) is 7.11 Å². The summed E-state index contributed by atoms with van der Waals surface area (Å²) >= 11 is 0. The van der Waals surface area contributed by atoms with E-state index in [2.05, 4.69) is 4.74 Å². The Hall–Kier alpha value is -1.05. The van der Waals surface area contributed by atoms with Crippen LogP contribution in [0.4, 0.5) is 0 Å². The van der Waals surface area contributed by atoms with Crippen molar-refractivity contribution in [2.24, 2.45) is 0 Å². The summed E-state index contributed by atoms with van der Waals surface area (Å²) in [6, 6.07) is 6.15. The van der Waals surface area contributed by atoms with Crippen molar-refractivity contribution in [2.45, 2.75) is 24.8 Å². The van der Waals surface area contributed by atoms with Gasteiger partial charge in [-0.3, -0.25) is 4.18 Å². The number of ether oxygens (including phenoxy) is 1. The lowest BCUT2D eigenvalue weighted by Crippen LogP contribution is -2.25. The highest BCUT2D eigenvalue weighted by Crippen LogP contribution is 2.15. The first kappa shape index (κ1) is 16.9. The number of methoxy groups -OCH3 is 1. The fourth-order valence-corrected chi connectivity index (χ4v) is 2.19. The van der Waals surface area contributed by atoms with Crippen molar-refractivity contribution in [3.05, 3.63) is 29.8 Å². The number of rotatable bonds is 4. The van der Waals surface area contributed by atoms with Gasteiger partial charge in [0.25, 0.3) is 10.1 Å². The summed E-state index contributed by atoms with van der Waals surface area (Å²) in [6.07, 6.45) is -1.16. The molecule has 18 heavy (non-hydrogen) atoms. The molecular formula is C11H16O5S2. The average molecular weight is 292 g/mol. The van der Waals surface area contributed by atoms with E-state index in [4.69, 9.17) is 4.18 Å². The molecule has 0 aliphatic carbocycles. The highest BCUT2D eigenvalue weighted by atomic mass is 32.2. The Balaban J connectivity index is 0.00000289. The molecular weight excluding hydrogens is 276 g/mol. The smallest absolute Gasteiger partial charge is 0.336 e. The van der Waals surface area contributed by atoms with Crippen LogP contribution in [-0.4, -0.2) is 27.6 Å². The monoisotopic (exact) mass is 292 g/mol. The summed E-state index contributed by atoms with van der Waals surface area (Å²) in [5.74, 6) is -0.735. The summed E-state index contributed by atoms with van der Waals surface area (Å²) < 4.78 is 32.6. The molecule has 0 fully saturated rings. The maximum atomic E-state index is 11.7. The molecule has 0 spiro atoms. The molecule has 0 amide bonds. The largest absolute Gasteiger partial charge is 0.467 e. The average Bonchev–Trinajstić information content (AvgIpc) is 2.27. The normalized spacial score (nSPS) is 12.4. The molecule has 0 aliphatic heterocycles. The number of esters is 1. The van der Waals surface area contributed by atoms with Gasteiger partial charge in [0.1, 0.15) is 0 Å². The van der Waals surface area contributed by atoms with Gasteiger partial charge < -0.3 is 4.74 Å². The maximum absolute atomic E-state index is 11.7. The minimum atomic E-state index is -3.93. The Kier molecular flexibility index (Phi) is 6.37. The molecule has 0 heterocycles. The second-order valence-corrected chi connectivity index (χ2v) is 5.10. The zero-order chi connectivity index (χ0) is 13.1. The van der Waals surface area contributed by atoms with Gasteiger partial charge in [0.05, 0.1) is 12.0 Å². The standard InChI is InChI=1S/C11H14O5S.H2S/c1-8-4-6-10(7-5-8)17(13,14)16-9(2)11(12)15-3;/h4-7,9H,1-3H3;1H2/t9-;/m0./s1. The molecule has 0 aliphatic rings. The lowest BCUT2D eigenvalue weighted by Gasteiger charge is -2.10. The van der Waals surface area contributed by atoms with Gasteiger partial charge in [-0.2, -0.15) is 21.9 Å². The van der Waals surface area contributed by atoms with Crippen molar-refractivity contribution in [1.29, 1.82) is 0 Å². The van der Waals surface area contributed by atoms with Crippen molar-refractivity contribution < 1.29 is 22.1 Å². The van der Waals surface area contributed by atoms with E-state index in [1.54, 1.807) is 12.1 Å². The first-order chi connectivity index (χ1) is 7.86. The quantitative estimate of drug-likeness (QED) is 0.619. The summed E-state index contributed by atoms with van der Waals surface area (Å²) in [4.78, 5) is 11.1. The third-order valence-electron chi connectivity index (χ3n) is 2.11. The van der Waals surface area contributed by atoms with Crippen molar-refractivity contribution in [3.8, 4) is 0 Å². The summed E-state index contributed by atoms with van der Waals surface area (Å²) in [5, 5.41) is 0. The zero-order valence-corrected chi connectivity index (χ0v) is 12.2. The molecule has 1 aromatic carbocycles. The van der Waals surface area contributed by atoms with Gasteiger partial charge >= 0.3 is 5.97 Å². The van der Waals surface area contributed by atoms with Crippen molar-refractivity contribution in [1.82, 2.24) is 0 Å². The molecule has 0 bridgehead atoms. The van der Waals surface area contributed by atoms with Crippen LogP contribution in [0, 0.1) is 6.92 Å².